The molecule has 0 saturated carbocycles. The fourth-order valence-electron chi connectivity index (χ4n) is 2.07. The zero-order chi connectivity index (χ0) is 11.7. The Bertz CT molecular complexity index is 694. The molecule has 3 rings (SSSR count). The number of halogens is 1. The van der Waals surface area contributed by atoms with Crippen LogP contribution in [0, 0.1) is 0 Å². The number of para-hydroxylation sites is 2. The van der Waals surface area contributed by atoms with Crippen LogP contribution in [0.5, 0.6) is 0 Å². The van der Waals surface area contributed by atoms with Crippen LogP contribution in [0.3, 0.4) is 0 Å². The van der Waals surface area contributed by atoms with Gasteiger partial charge < -0.3 is 4.42 Å². The Morgan fingerprint density at radius 1 is 1.00 bits per heavy atom. The van der Waals surface area contributed by atoms with Crippen molar-refractivity contribution >= 4 is 43.9 Å². The third-order valence-corrected chi connectivity index (χ3v) is 3.20. The molecule has 0 radical (unpaired) electrons. The van der Waals surface area contributed by atoms with Crippen LogP contribution in [0.25, 0.3) is 28.0 Å². The summed E-state index contributed by atoms with van der Waals surface area (Å²) in [6, 6.07) is 14.4. The van der Waals surface area contributed by atoms with Gasteiger partial charge in [0, 0.05) is 21.7 Å². The minimum atomic E-state index is 0.851. The van der Waals surface area contributed by atoms with Crippen LogP contribution in [-0.4, -0.2) is 5.33 Å². The molecule has 2 aromatic carbocycles. The van der Waals surface area contributed by atoms with Crippen LogP contribution >= 0.6 is 15.9 Å². The molecule has 0 saturated heterocycles. The number of allylic oxidation sites excluding steroid dienone is 1. The molecule has 0 N–H and O–H groups in total. The summed E-state index contributed by atoms with van der Waals surface area (Å²) in [4.78, 5) is 0. The molecule has 0 fully saturated rings. The van der Waals surface area contributed by atoms with Crippen molar-refractivity contribution in [1.82, 2.24) is 0 Å². The molecule has 84 valence electrons. The molecule has 1 heterocycles. The number of rotatable bonds is 2. The van der Waals surface area contributed by atoms with Crippen molar-refractivity contribution in [2.75, 3.05) is 5.33 Å². The molecule has 0 aliphatic heterocycles. The SMILES string of the molecule is BrCC=Cc1cccc2c1oc1ccccc12. The summed E-state index contributed by atoms with van der Waals surface area (Å²) in [5.41, 5.74) is 3.03. The second-order valence-corrected chi connectivity index (χ2v) is 4.53. The quantitative estimate of drug-likeness (QED) is 0.605. The maximum Gasteiger partial charge on any atom is 0.142 e. The first-order chi connectivity index (χ1) is 8.40. The lowest BCUT2D eigenvalue weighted by Gasteiger charge is -1.94. The number of hydrogen-bond acceptors (Lipinski definition) is 1. The summed E-state index contributed by atoms with van der Waals surface area (Å²) in [5, 5.41) is 3.21. The maximum absolute atomic E-state index is 5.91. The second kappa shape index (κ2) is 4.38. The van der Waals surface area contributed by atoms with Crippen molar-refractivity contribution in [3.8, 4) is 0 Å². The number of alkyl halides is 1. The van der Waals surface area contributed by atoms with Gasteiger partial charge in [-0.25, -0.2) is 0 Å². The zero-order valence-corrected chi connectivity index (χ0v) is 10.8. The van der Waals surface area contributed by atoms with E-state index in [0.717, 1.165) is 22.1 Å². The lowest BCUT2D eigenvalue weighted by Crippen LogP contribution is -1.73. The van der Waals surface area contributed by atoms with Crippen LogP contribution < -0.4 is 0 Å². The highest BCUT2D eigenvalue weighted by atomic mass is 79.9. The van der Waals surface area contributed by atoms with E-state index in [1.165, 1.54) is 10.8 Å². The fourth-order valence-corrected chi connectivity index (χ4v) is 2.26. The summed E-state index contributed by atoms with van der Waals surface area (Å²) in [6.07, 6.45) is 4.15. The lowest BCUT2D eigenvalue weighted by molar-refractivity contribution is 0.668. The minimum Gasteiger partial charge on any atom is -0.455 e. The van der Waals surface area contributed by atoms with Crippen LogP contribution in [0.2, 0.25) is 0 Å². The van der Waals surface area contributed by atoms with Crippen LogP contribution in [0.1, 0.15) is 5.56 Å². The third kappa shape index (κ3) is 1.79. The van der Waals surface area contributed by atoms with Crippen molar-refractivity contribution < 1.29 is 4.42 Å². The fraction of sp³-hybridized carbons (Fsp3) is 0.0667. The zero-order valence-electron chi connectivity index (χ0n) is 9.19. The molecule has 17 heavy (non-hydrogen) atoms. The summed E-state index contributed by atoms with van der Waals surface area (Å²) >= 11 is 3.39. The van der Waals surface area contributed by atoms with E-state index in [-0.39, 0.29) is 0 Å². The predicted octanol–water partition coefficient (Wildman–Crippen LogP) is 4.99. The molecule has 1 aromatic heterocycles. The smallest absolute Gasteiger partial charge is 0.142 e. The van der Waals surface area contributed by atoms with Gasteiger partial charge in [0.15, 0.2) is 0 Å². The highest BCUT2D eigenvalue weighted by Crippen LogP contribution is 2.31. The van der Waals surface area contributed by atoms with Crippen molar-refractivity contribution in [1.29, 1.82) is 0 Å². The molecule has 1 nitrogen and oxygen atoms in total. The largest absolute Gasteiger partial charge is 0.455 e. The van der Waals surface area contributed by atoms with Crippen molar-refractivity contribution in [3.05, 3.63) is 54.1 Å². The van der Waals surface area contributed by atoms with E-state index in [1.807, 2.05) is 18.2 Å². The van der Waals surface area contributed by atoms with Gasteiger partial charge in [-0.1, -0.05) is 64.5 Å². The summed E-state index contributed by atoms with van der Waals surface area (Å²) < 4.78 is 5.91. The molecular weight excluding hydrogens is 276 g/mol. The third-order valence-electron chi connectivity index (χ3n) is 2.82. The van der Waals surface area contributed by atoms with Gasteiger partial charge in [-0.2, -0.15) is 0 Å². The first kappa shape index (κ1) is 10.6. The van der Waals surface area contributed by atoms with E-state index in [1.54, 1.807) is 0 Å². The summed E-state index contributed by atoms with van der Waals surface area (Å²) in [5.74, 6) is 0. The Hall–Kier alpha value is -1.54. The standard InChI is InChI=1S/C15H11BrO/c16-10-4-6-11-5-3-8-13-12-7-1-2-9-14(12)17-15(11)13/h1-9H,10H2. The van der Waals surface area contributed by atoms with Gasteiger partial charge >= 0.3 is 0 Å². The molecule has 0 spiro atoms. The maximum atomic E-state index is 5.91. The van der Waals surface area contributed by atoms with Gasteiger partial charge in [-0.05, 0) is 6.07 Å². The van der Waals surface area contributed by atoms with E-state index in [0.29, 0.717) is 0 Å². The topological polar surface area (TPSA) is 13.1 Å². The van der Waals surface area contributed by atoms with E-state index < -0.39 is 0 Å². The lowest BCUT2D eigenvalue weighted by atomic mass is 10.1. The molecular formula is C15H11BrO. The van der Waals surface area contributed by atoms with Gasteiger partial charge in [-0.15, -0.1) is 0 Å². The average Bonchev–Trinajstić information content (AvgIpc) is 2.75. The van der Waals surface area contributed by atoms with E-state index in [9.17, 15) is 0 Å². The Labute approximate surface area is 108 Å². The Morgan fingerprint density at radius 2 is 1.82 bits per heavy atom. The van der Waals surface area contributed by atoms with Crippen molar-refractivity contribution in [3.63, 3.8) is 0 Å². The molecule has 0 aliphatic rings. The van der Waals surface area contributed by atoms with Crippen LogP contribution in [0.15, 0.2) is 53.0 Å². The molecule has 0 unspecified atom stereocenters. The molecule has 0 amide bonds. The van der Waals surface area contributed by atoms with Crippen molar-refractivity contribution in [2.45, 2.75) is 0 Å². The molecule has 0 aliphatic carbocycles. The van der Waals surface area contributed by atoms with E-state index in [4.69, 9.17) is 4.42 Å². The van der Waals surface area contributed by atoms with Crippen molar-refractivity contribution in [2.24, 2.45) is 0 Å². The van der Waals surface area contributed by atoms with Gasteiger partial charge in [0.2, 0.25) is 0 Å². The molecule has 0 bridgehead atoms. The highest BCUT2D eigenvalue weighted by Gasteiger charge is 2.07. The number of fused-ring (bicyclic) bond motifs is 3. The van der Waals surface area contributed by atoms with Gasteiger partial charge in [0.1, 0.15) is 11.2 Å². The van der Waals surface area contributed by atoms with Crippen LogP contribution in [-0.2, 0) is 0 Å². The Morgan fingerprint density at radius 3 is 2.71 bits per heavy atom. The van der Waals surface area contributed by atoms with E-state index in [2.05, 4.69) is 52.3 Å². The highest BCUT2D eigenvalue weighted by molar-refractivity contribution is 9.09. The second-order valence-electron chi connectivity index (χ2n) is 3.88. The number of hydrogen-bond donors (Lipinski definition) is 0. The van der Waals surface area contributed by atoms with Gasteiger partial charge in [0.25, 0.3) is 0 Å². The summed E-state index contributed by atoms with van der Waals surface area (Å²) in [6.45, 7) is 0. The monoisotopic (exact) mass is 286 g/mol. The first-order valence-electron chi connectivity index (χ1n) is 5.53. The molecule has 2 heteroatoms. The normalized spacial score (nSPS) is 11.8. The Kier molecular flexibility index (Phi) is 2.73. The number of furan rings is 1. The van der Waals surface area contributed by atoms with Gasteiger partial charge in [-0.3, -0.25) is 0 Å². The van der Waals surface area contributed by atoms with E-state index >= 15 is 0 Å². The Balaban J connectivity index is 2.35. The van der Waals surface area contributed by atoms with Gasteiger partial charge in [0.05, 0.1) is 0 Å². The summed E-state index contributed by atoms with van der Waals surface area (Å²) in [7, 11) is 0. The molecule has 3 aromatic rings. The average molecular weight is 287 g/mol. The molecule has 0 atom stereocenters. The number of benzene rings is 2. The first-order valence-corrected chi connectivity index (χ1v) is 6.65. The predicted molar refractivity (Wildman–Crippen MR) is 76.5 cm³/mol. The van der Waals surface area contributed by atoms with Crippen LogP contribution in [0.4, 0.5) is 0 Å². The minimum absolute atomic E-state index is 0.851.